The van der Waals surface area contributed by atoms with Gasteiger partial charge in [-0.2, -0.15) is 11.8 Å². The smallest absolute Gasteiger partial charge is 0.252 e. The Bertz CT molecular complexity index is 557. The highest BCUT2D eigenvalue weighted by Crippen LogP contribution is 2.33. The molecule has 3 rings (SSSR count). The van der Waals surface area contributed by atoms with Crippen molar-refractivity contribution in [1.29, 1.82) is 0 Å². The van der Waals surface area contributed by atoms with Crippen molar-refractivity contribution < 1.29 is 9.53 Å². The molecule has 0 radical (unpaired) electrons. The van der Waals surface area contributed by atoms with Gasteiger partial charge in [-0.25, -0.2) is 0 Å². The maximum absolute atomic E-state index is 12.3. The number of amides is 1. The molecule has 1 aromatic heterocycles. The fraction of sp³-hybridized carbons (Fsp3) is 0.600. The highest BCUT2D eigenvalue weighted by Gasteiger charge is 2.40. The molecule has 120 valence electrons. The Hall–Kier alpha value is -1.31. The summed E-state index contributed by atoms with van der Waals surface area (Å²) in [6.07, 6.45) is 2.55. The van der Waals surface area contributed by atoms with E-state index in [1.165, 1.54) is 12.3 Å². The zero-order valence-electron chi connectivity index (χ0n) is 12.5. The zero-order valence-corrected chi connectivity index (χ0v) is 13.3. The normalized spacial score (nSPS) is 26.0. The van der Waals surface area contributed by atoms with E-state index in [0.29, 0.717) is 12.1 Å². The van der Waals surface area contributed by atoms with E-state index in [0.717, 1.165) is 44.2 Å². The van der Waals surface area contributed by atoms with E-state index < -0.39 is 0 Å². The van der Waals surface area contributed by atoms with Gasteiger partial charge in [0.25, 0.3) is 5.91 Å². The van der Waals surface area contributed by atoms with Crippen LogP contribution in [0.4, 0.5) is 0 Å². The second kappa shape index (κ2) is 6.85. The first-order valence-electron chi connectivity index (χ1n) is 7.57. The van der Waals surface area contributed by atoms with Gasteiger partial charge in [0.1, 0.15) is 0 Å². The third-order valence-corrected chi connectivity index (χ3v) is 5.62. The van der Waals surface area contributed by atoms with Crippen LogP contribution >= 0.6 is 11.8 Å². The van der Waals surface area contributed by atoms with Crippen LogP contribution in [0.2, 0.25) is 0 Å². The van der Waals surface area contributed by atoms with Crippen LogP contribution in [0.25, 0.3) is 0 Å². The summed E-state index contributed by atoms with van der Waals surface area (Å²) in [6.45, 7) is 4.02. The SMILES string of the molecule is O=C(NC[C@]1(N2CCOCC2)CCSC1)c1ccc(=O)[nH]c1. The third-order valence-electron chi connectivity index (χ3n) is 4.39. The topological polar surface area (TPSA) is 74.4 Å². The average molecular weight is 323 g/mol. The van der Waals surface area contributed by atoms with E-state index in [1.807, 2.05) is 11.8 Å². The van der Waals surface area contributed by atoms with E-state index in [1.54, 1.807) is 6.07 Å². The maximum atomic E-state index is 12.3. The Labute approximate surface area is 133 Å². The van der Waals surface area contributed by atoms with Crippen LogP contribution < -0.4 is 10.9 Å². The lowest BCUT2D eigenvalue weighted by molar-refractivity contribution is -0.0129. The van der Waals surface area contributed by atoms with E-state index in [-0.39, 0.29) is 17.0 Å². The standard InChI is InChI=1S/C15H21N3O3S/c19-13-2-1-12(9-16-13)14(20)17-10-15(3-8-22-11-15)18-4-6-21-7-5-18/h1-2,9H,3-8,10-11H2,(H,16,19)(H,17,20)/t15-/m1/s1. The summed E-state index contributed by atoms with van der Waals surface area (Å²) >= 11 is 1.94. The maximum Gasteiger partial charge on any atom is 0.252 e. The van der Waals surface area contributed by atoms with Crippen LogP contribution in [0.1, 0.15) is 16.8 Å². The molecule has 6 nitrogen and oxygen atoms in total. The van der Waals surface area contributed by atoms with Gasteiger partial charge in [0.15, 0.2) is 0 Å². The summed E-state index contributed by atoms with van der Waals surface area (Å²) in [5.41, 5.74) is 0.322. The molecule has 0 spiro atoms. The number of ether oxygens (including phenoxy) is 1. The molecule has 0 saturated carbocycles. The lowest BCUT2D eigenvalue weighted by Gasteiger charge is -2.43. The van der Waals surface area contributed by atoms with Gasteiger partial charge in [-0.3, -0.25) is 14.5 Å². The number of carbonyl (C=O) groups is 1. The molecule has 0 aromatic carbocycles. The molecule has 0 aliphatic carbocycles. The summed E-state index contributed by atoms with van der Waals surface area (Å²) < 4.78 is 5.44. The number of nitrogens with zero attached hydrogens (tertiary/aromatic N) is 1. The number of rotatable bonds is 4. The number of carbonyl (C=O) groups excluding carboxylic acids is 1. The molecule has 1 aromatic rings. The number of aromatic nitrogens is 1. The fourth-order valence-corrected chi connectivity index (χ4v) is 4.51. The molecule has 3 heterocycles. The molecular formula is C15H21N3O3S. The number of hydrogen-bond donors (Lipinski definition) is 2. The molecule has 22 heavy (non-hydrogen) atoms. The second-order valence-corrected chi connectivity index (χ2v) is 6.86. The van der Waals surface area contributed by atoms with Crippen LogP contribution in [-0.2, 0) is 4.74 Å². The van der Waals surface area contributed by atoms with Crippen LogP contribution in [0, 0.1) is 0 Å². The molecule has 7 heteroatoms. The minimum absolute atomic E-state index is 0.0340. The number of aromatic amines is 1. The number of thioether (sulfide) groups is 1. The minimum Gasteiger partial charge on any atom is -0.379 e. The largest absolute Gasteiger partial charge is 0.379 e. The van der Waals surface area contributed by atoms with Gasteiger partial charge < -0.3 is 15.0 Å². The number of morpholine rings is 1. The number of hydrogen-bond acceptors (Lipinski definition) is 5. The highest BCUT2D eigenvalue weighted by atomic mass is 32.2. The molecule has 2 aliphatic heterocycles. The van der Waals surface area contributed by atoms with Gasteiger partial charge in [-0.05, 0) is 18.2 Å². The Kier molecular flexibility index (Phi) is 4.85. The van der Waals surface area contributed by atoms with Gasteiger partial charge in [0.05, 0.1) is 18.8 Å². The monoisotopic (exact) mass is 323 g/mol. The Morgan fingerprint density at radius 2 is 2.23 bits per heavy atom. The quantitative estimate of drug-likeness (QED) is 0.834. The first-order chi connectivity index (χ1) is 10.7. The Morgan fingerprint density at radius 1 is 1.41 bits per heavy atom. The van der Waals surface area contributed by atoms with Crippen molar-refractivity contribution in [2.45, 2.75) is 12.0 Å². The number of pyridine rings is 1. The molecule has 1 atom stereocenters. The van der Waals surface area contributed by atoms with Gasteiger partial charge >= 0.3 is 0 Å². The van der Waals surface area contributed by atoms with Crippen molar-refractivity contribution in [3.05, 3.63) is 34.2 Å². The number of H-pyrrole nitrogens is 1. The Morgan fingerprint density at radius 3 is 2.86 bits per heavy atom. The molecule has 2 aliphatic rings. The fourth-order valence-electron chi connectivity index (χ4n) is 3.03. The lowest BCUT2D eigenvalue weighted by atomic mass is 9.95. The average Bonchev–Trinajstić information content (AvgIpc) is 3.04. The van der Waals surface area contributed by atoms with Crippen LogP contribution in [0.5, 0.6) is 0 Å². The minimum atomic E-state index is -0.200. The van der Waals surface area contributed by atoms with Gasteiger partial charge in [-0.15, -0.1) is 0 Å². The third kappa shape index (κ3) is 3.37. The predicted molar refractivity (Wildman–Crippen MR) is 86.5 cm³/mol. The van der Waals surface area contributed by atoms with Crippen molar-refractivity contribution in [1.82, 2.24) is 15.2 Å². The van der Waals surface area contributed by atoms with Crippen molar-refractivity contribution in [2.24, 2.45) is 0 Å². The van der Waals surface area contributed by atoms with E-state index >= 15 is 0 Å². The Balaban J connectivity index is 1.65. The molecular weight excluding hydrogens is 302 g/mol. The lowest BCUT2D eigenvalue weighted by Crippen LogP contribution is -2.59. The number of nitrogens with one attached hydrogen (secondary N) is 2. The summed E-state index contributed by atoms with van der Waals surface area (Å²) in [5.74, 6) is 2.03. The molecule has 2 fully saturated rings. The summed E-state index contributed by atoms with van der Waals surface area (Å²) in [5, 5.41) is 3.04. The van der Waals surface area contributed by atoms with Crippen LogP contribution in [0.15, 0.2) is 23.1 Å². The van der Waals surface area contributed by atoms with Crippen molar-refractivity contribution >= 4 is 17.7 Å². The van der Waals surface area contributed by atoms with Gasteiger partial charge in [0, 0.05) is 43.2 Å². The molecule has 1 amide bonds. The summed E-state index contributed by atoms with van der Waals surface area (Å²) in [6, 6.07) is 2.93. The van der Waals surface area contributed by atoms with E-state index in [2.05, 4.69) is 15.2 Å². The van der Waals surface area contributed by atoms with E-state index in [4.69, 9.17) is 4.74 Å². The van der Waals surface area contributed by atoms with Crippen LogP contribution in [-0.4, -0.2) is 65.7 Å². The van der Waals surface area contributed by atoms with Gasteiger partial charge in [0.2, 0.25) is 5.56 Å². The predicted octanol–water partition coefficient (Wildman–Crippen LogP) is 0.313. The summed E-state index contributed by atoms with van der Waals surface area (Å²) in [7, 11) is 0. The first-order valence-corrected chi connectivity index (χ1v) is 8.73. The molecule has 0 bridgehead atoms. The van der Waals surface area contributed by atoms with Crippen molar-refractivity contribution in [3.8, 4) is 0 Å². The summed E-state index contributed by atoms with van der Waals surface area (Å²) in [4.78, 5) is 28.3. The highest BCUT2D eigenvalue weighted by molar-refractivity contribution is 7.99. The molecule has 0 unspecified atom stereocenters. The zero-order chi connectivity index (χ0) is 15.4. The van der Waals surface area contributed by atoms with Crippen LogP contribution in [0.3, 0.4) is 0 Å². The van der Waals surface area contributed by atoms with Crippen molar-refractivity contribution in [2.75, 3.05) is 44.4 Å². The molecule has 2 saturated heterocycles. The molecule has 2 N–H and O–H groups in total. The first kappa shape index (κ1) is 15.6. The van der Waals surface area contributed by atoms with E-state index in [9.17, 15) is 9.59 Å². The van der Waals surface area contributed by atoms with Gasteiger partial charge in [-0.1, -0.05) is 0 Å². The van der Waals surface area contributed by atoms with Crippen molar-refractivity contribution in [3.63, 3.8) is 0 Å². The second-order valence-electron chi connectivity index (χ2n) is 5.75.